The van der Waals surface area contributed by atoms with E-state index in [1.54, 1.807) is 0 Å². The molecule has 0 saturated heterocycles. The number of aryl methyl sites for hydroxylation is 2. The lowest BCUT2D eigenvalue weighted by atomic mass is 9.79. The van der Waals surface area contributed by atoms with Crippen LogP contribution in [0, 0.1) is 13.8 Å². The highest BCUT2D eigenvalue weighted by molar-refractivity contribution is 6.15. The van der Waals surface area contributed by atoms with Crippen molar-refractivity contribution in [1.29, 1.82) is 0 Å². The quantitative estimate of drug-likeness (QED) is 0.143. The van der Waals surface area contributed by atoms with Crippen molar-refractivity contribution >= 4 is 49.3 Å². The third kappa shape index (κ3) is 5.90. The first-order valence-electron chi connectivity index (χ1n) is 20.6. The van der Waals surface area contributed by atoms with Gasteiger partial charge in [0.25, 0.3) is 0 Å². The third-order valence-electron chi connectivity index (χ3n) is 12.0. The zero-order valence-corrected chi connectivity index (χ0v) is 35.0. The maximum Gasteiger partial charge on any atom is 0.149 e. The molecule has 0 aliphatic rings. The number of aromatic nitrogens is 4. The van der Waals surface area contributed by atoms with Crippen LogP contribution >= 0.6 is 0 Å². The Balaban J connectivity index is 1.32. The molecule has 4 aromatic heterocycles. The molecule has 0 aliphatic heterocycles. The van der Waals surface area contributed by atoms with Crippen LogP contribution in [-0.4, -0.2) is 24.0 Å². The van der Waals surface area contributed by atoms with E-state index in [-0.39, 0.29) is 16.6 Å². The molecule has 0 spiro atoms. The van der Waals surface area contributed by atoms with E-state index in [0.717, 1.165) is 99.5 Å². The van der Waals surface area contributed by atoms with Gasteiger partial charge in [0.2, 0.25) is 0 Å². The molecule has 5 nitrogen and oxygen atoms in total. The largest absolute Gasteiger partial charge is 0.507 e. The van der Waals surface area contributed by atoms with Crippen molar-refractivity contribution in [2.45, 2.75) is 66.2 Å². The summed E-state index contributed by atoms with van der Waals surface area (Å²) >= 11 is 0. The molecule has 0 amide bonds. The second-order valence-corrected chi connectivity index (χ2v) is 18.3. The predicted molar refractivity (Wildman–Crippen MR) is 247 cm³/mol. The van der Waals surface area contributed by atoms with E-state index < -0.39 is 0 Å². The zero-order valence-electron chi connectivity index (χ0n) is 35.0. The van der Waals surface area contributed by atoms with Crippen molar-refractivity contribution < 1.29 is 5.11 Å². The summed E-state index contributed by atoms with van der Waals surface area (Å²) in [6.45, 7) is 17.5. The molecule has 0 atom stereocenters. The summed E-state index contributed by atoms with van der Waals surface area (Å²) in [4.78, 5) is 11.0. The fourth-order valence-electron chi connectivity index (χ4n) is 9.01. The average Bonchev–Trinajstić information content (AvgIpc) is 3.85. The van der Waals surface area contributed by atoms with Crippen molar-refractivity contribution in [3.63, 3.8) is 0 Å². The zero-order chi connectivity index (χ0) is 41.0. The van der Waals surface area contributed by atoms with Gasteiger partial charge in [-0.3, -0.25) is 4.57 Å². The van der Waals surface area contributed by atoms with Crippen LogP contribution in [0.1, 0.15) is 63.8 Å². The first-order chi connectivity index (χ1) is 28.3. The van der Waals surface area contributed by atoms with Gasteiger partial charge in [-0.1, -0.05) is 120 Å². The number of nitrogens with zero attached hydrogens (tertiary/aromatic N) is 4. The van der Waals surface area contributed by atoms with Crippen LogP contribution in [0.3, 0.4) is 0 Å². The van der Waals surface area contributed by atoms with Gasteiger partial charge < -0.3 is 9.51 Å². The number of imidazole rings is 1. The molecule has 0 radical (unpaired) electrons. The molecule has 5 heteroatoms. The summed E-state index contributed by atoms with van der Waals surface area (Å²) in [5, 5.41) is 15.8. The predicted octanol–water partition coefficient (Wildman–Crippen LogP) is 14.1. The van der Waals surface area contributed by atoms with E-state index in [1.807, 2.05) is 0 Å². The second-order valence-electron chi connectivity index (χ2n) is 18.3. The lowest BCUT2D eigenvalue weighted by Crippen LogP contribution is -2.17. The van der Waals surface area contributed by atoms with E-state index >= 15 is 0 Å². The van der Waals surface area contributed by atoms with E-state index in [0.29, 0.717) is 5.82 Å². The van der Waals surface area contributed by atoms with Gasteiger partial charge in [0.15, 0.2) is 0 Å². The van der Waals surface area contributed by atoms with Crippen molar-refractivity contribution in [1.82, 2.24) is 18.9 Å². The Hall–Kier alpha value is -6.72. The molecule has 0 aliphatic carbocycles. The minimum atomic E-state index is -0.308. The van der Waals surface area contributed by atoms with Crippen LogP contribution in [0.25, 0.3) is 88.6 Å². The Labute approximate surface area is 345 Å². The molecule has 10 rings (SSSR count). The van der Waals surface area contributed by atoms with Crippen LogP contribution in [-0.2, 0) is 10.8 Å². The first-order valence-corrected chi connectivity index (χ1v) is 20.6. The topological polar surface area (TPSA) is 55.3 Å². The van der Waals surface area contributed by atoms with Gasteiger partial charge >= 0.3 is 0 Å². The van der Waals surface area contributed by atoms with Crippen LogP contribution in [0.2, 0.25) is 0 Å². The van der Waals surface area contributed by atoms with E-state index in [1.165, 1.54) is 5.56 Å². The minimum Gasteiger partial charge on any atom is -0.507 e. The monoisotopic (exact) mass is 768 g/mol. The lowest BCUT2D eigenvalue weighted by molar-refractivity contribution is 0.446. The molecular weight excluding hydrogens is 721 g/mol. The maximum absolute atomic E-state index is 12.4. The van der Waals surface area contributed by atoms with Gasteiger partial charge in [0, 0.05) is 39.0 Å². The van der Waals surface area contributed by atoms with Gasteiger partial charge in [-0.25, -0.2) is 9.97 Å². The SMILES string of the molecule is Cc1ccc(-n2c(-c3cc(C(C)(C)C)cc(C(C)(C)C)c3O)nc3c(-c4cc(C)c5c(c4)c4nc6ccccc6cc4c4cccn45)cccc32)c(-c2ccccc2)c1. The maximum atomic E-state index is 12.4. The highest BCUT2D eigenvalue weighted by Gasteiger charge is 2.29. The molecule has 0 bridgehead atoms. The molecule has 0 saturated carbocycles. The molecule has 1 N–H and O–H groups in total. The summed E-state index contributed by atoms with van der Waals surface area (Å²) in [5.74, 6) is 0.965. The molecule has 10 aromatic rings. The van der Waals surface area contributed by atoms with Crippen LogP contribution in [0.4, 0.5) is 0 Å². The Kier molecular flexibility index (Phi) is 8.16. The number of rotatable bonds is 4. The molecule has 0 fully saturated rings. The van der Waals surface area contributed by atoms with Gasteiger partial charge in [0.1, 0.15) is 11.6 Å². The van der Waals surface area contributed by atoms with E-state index in [9.17, 15) is 5.11 Å². The average molecular weight is 769 g/mol. The number of phenols is 1. The Morgan fingerprint density at radius 1 is 0.559 bits per heavy atom. The highest BCUT2D eigenvalue weighted by atomic mass is 16.3. The van der Waals surface area contributed by atoms with Crippen molar-refractivity contribution in [3.05, 3.63) is 162 Å². The normalized spacial score (nSPS) is 12.5. The number of fused-ring (bicyclic) bond motifs is 8. The van der Waals surface area contributed by atoms with Crippen LogP contribution in [0.15, 0.2) is 140 Å². The molecular formula is C54H48N4O. The standard InChI is InChI=1S/C54H48N4O/c1-32-23-24-46(39(26-32)34-16-10-9-11-17-34)58-47-21-14-19-38(49(47)56-52(58)42-30-37(53(3,4)5)31-43(51(42)59)54(6,7)8)36-27-33(2)50-41(29-36)48-40(45-22-15-25-57(45)50)28-35-18-12-13-20-44(35)55-48/h9-31,59H,1-8H3. The number of hydrogen-bond donors (Lipinski definition) is 1. The minimum absolute atomic E-state index is 0.167. The first kappa shape index (κ1) is 36.6. The number of pyridine rings is 2. The number of phenolic OH excluding ortho intramolecular Hbond substituents is 1. The van der Waals surface area contributed by atoms with E-state index in [4.69, 9.17) is 9.97 Å². The molecule has 290 valence electrons. The van der Waals surface area contributed by atoms with Crippen LogP contribution in [0.5, 0.6) is 5.75 Å². The number of para-hydroxylation sites is 2. The summed E-state index contributed by atoms with van der Waals surface area (Å²) in [5.41, 5.74) is 16.0. The number of hydrogen-bond acceptors (Lipinski definition) is 3. The van der Waals surface area contributed by atoms with Crippen LogP contribution < -0.4 is 0 Å². The molecule has 59 heavy (non-hydrogen) atoms. The summed E-state index contributed by atoms with van der Waals surface area (Å²) < 4.78 is 4.58. The van der Waals surface area contributed by atoms with Crippen molar-refractivity contribution in [2.75, 3.05) is 0 Å². The summed E-state index contributed by atoms with van der Waals surface area (Å²) in [7, 11) is 0. The smallest absolute Gasteiger partial charge is 0.149 e. The fraction of sp³-hybridized carbons (Fsp3) is 0.185. The molecule has 6 aromatic carbocycles. The second kappa shape index (κ2) is 13.2. The van der Waals surface area contributed by atoms with Gasteiger partial charge in [-0.15, -0.1) is 0 Å². The Bertz CT molecular complexity index is 3320. The Morgan fingerprint density at radius 2 is 1.32 bits per heavy atom. The highest BCUT2D eigenvalue weighted by Crippen LogP contribution is 2.46. The molecule has 4 heterocycles. The van der Waals surface area contributed by atoms with Crippen molar-refractivity contribution in [3.8, 4) is 45.1 Å². The van der Waals surface area contributed by atoms with Gasteiger partial charge in [0.05, 0.1) is 44.4 Å². The summed E-state index contributed by atoms with van der Waals surface area (Å²) in [6, 6.07) is 47.6. The molecule has 0 unspecified atom stereocenters. The lowest BCUT2D eigenvalue weighted by Gasteiger charge is -2.27. The number of benzene rings is 6. The van der Waals surface area contributed by atoms with Crippen molar-refractivity contribution in [2.24, 2.45) is 0 Å². The Morgan fingerprint density at radius 3 is 2.10 bits per heavy atom. The fourth-order valence-corrected chi connectivity index (χ4v) is 9.01. The number of aromatic hydroxyl groups is 1. The summed E-state index contributed by atoms with van der Waals surface area (Å²) in [6.07, 6.45) is 2.16. The van der Waals surface area contributed by atoms with E-state index in [2.05, 4.69) is 204 Å². The van der Waals surface area contributed by atoms with Gasteiger partial charge in [-0.2, -0.15) is 0 Å². The van der Waals surface area contributed by atoms with Gasteiger partial charge in [-0.05, 0) is 108 Å². The third-order valence-corrected chi connectivity index (χ3v) is 12.0.